The Morgan fingerprint density at radius 2 is 2.05 bits per heavy atom. The number of nitrogens with zero attached hydrogens (tertiary/aromatic N) is 2. The summed E-state index contributed by atoms with van der Waals surface area (Å²) in [6.07, 6.45) is 0.986. The molecule has 1 aliphatic rings. The van der Waals surface area contributed by atoms with Gasteiger partial charge in [-0.25, -0.2) is 9.97 Å². The van der Waals surface area contributed by atoms with Gasteiger partial charge in [0.15, 0.2) is 5.82 Å². The molecule has 0 fully saturated rings. The van der Waals surface area contributed by atoms with Gasteiger partial charge in [-0.1, -0.05) is 29.8 Å². The second-order valence-electron chi connectivity index (χ2n) is 5.90. The van der Waals surface area contributed by atoms with Crippen LogP contribution in [-0.2, 0) is 13.0 Å². The number of hydrogen-bond donors (Lipinski definition) is 1. The van der Waals surface area contributed by atoms with Gasteiger partial charge in [0.25, 0.3) is 0 Å². The third-order valence-corrected chi connectivity index (χ3v) is 4.43. The van der Waals surface area contributed by atoms with Gasteiger partial charge in [0.2, 0.25) is 0 Å². The first kappa shape index (κ1) is 14.7. The third-order valence-electron chi connectivity index (χ3n) is 3.94. The Hall–Kier alpha value is -1.26. The smallest absolute Gasteiger partial charge is 0.159 e. The standard InChI is InChI=1S/C17H20BrN3/c1-10(2)16-14-9-19-7-6-15(14)20-17(21-16)13-5-4-12(18)8-11(13)3/h4-5,8,10,19H,6-7,9H2,1-3H3. The number of aromatic nitrogens is 2. The van der Waals surface area contributed by atoms with E-state index in [-0.39, 0.29) is 0 Å². The molecule has 1 aromatic carbocycles. The number of nitrogens with one attached hydrogen (secondary N) is 1. The van der Waals surface area contributed by atoms with Crippen LogP contribution in [0.15, 0.2) is 22.7 Å². The highest BCUT2D eigenvalue weighted by Gasteiger charge is 2.20. The quantitative estimate of drug-likeness (QED) is 0.894. The van der Waals surface area contributed by atoms with Gasteiger partial charge in [-0.3, -0.25) is 0 Å². The Labute approximate surface area is 134 Å². The Bertz CT molecular complexity index is 680. The average molecular weight is 346 g/mol. The van der Waals surface area contributed by atoms with Gasteiger partial charge in [0, 0.05) is 35.1 Å². The molecule has 0 spiro atoms. The Morgan fingerprint density at radius 1 is 1.24 bits per heavy atom. The van der Waals surface area contributed by atoms with Gasteiger partial charge in [-0.05, 0) is 36.6 Å². The van der Waals surface area contributed by atoms with Gasteiger partial charge < -0.3 is 5.32 Å². The zero-order valence-corrected chi connectivity index (χ0v) is 14.3. The largest absolute Gasteiger partial charge is 0.312 e. The van der Waals surface area contributed by atoms with Crippen LogP contribution < -0.4 is 5.32 Å². The van der Waals surface area contributed by atoms with Crippen LogP contribution in [0.4, 0.5) is 0 Å². The van der Waals surface area contributed by atoms with Crippen LogP contribution in [0, 0.1) is 6.92 Å². The Kier molecular flexibility index (Phi) is 4.09. The van der Waals surface area contributed by atoms with Crippen molar-refractivity contribution < 1.29 is 0 Å². The molecule has 1 aromatic heterocycles. The number of aryl methyl sites for hydroxylation is 1. The first-order valence-corrected chi connectivity index (χ1v) is 8.22. The average Bonchev–Trinajstić information content (AvgIpc) is 2.46. The lowest BCUT2D eigenvalue weighted by Gasteiger charge is -2.22. The number of rotatable bonds is 2. The van der Waals surface area contributed by atoms with E-state index in [9.17, 15) is 0 Å². The van der Waals surface area contributed by atoms with Crippen LogP contribution in [0.5, 0.6) is 0 Å². The highest BCUT2D eigenvalue weighted by Crippen LogP contribution is 2.28. The van der Waals surface area contributed by atoms with Crippen LogP contribution in [0.2, 0.25) is 0 Å². The molecule has 0 saturated heterocycles. The summed E-state index contributed by atoms with van der Waals surface area (Å²) in [6.45, 7) is 8.41. The third kappa shape index (κ3) is 2.87. The SMILES string of the molecule is Cc1cc(Br)ccc1-c1nc2c(c(C(C)C)n1)CNCC2. The molecule has 0 aliphatic carbocycles. The van der Waals surface area contributed by atoms with Crippen LogP contribution in [0.3, 0.4) is 0 Å². The van der Waals surface area contributed by atoms with E-state index in [1.54, 1.807) is 0 Å². The molecule has 3 nitrogen and oxygen atoms in total. The lowest BCUT2D eigenvalue weighted by molar-refractivity contribution is 0.609. The number of halogens is 1. The van der Waals surface area contributed by atoms with Crippen molar-refractivity contribution >= 4 is 15.9 Å². The molecule has 2 aromatic rings. The van der Waals surface area contributed by atoms with Crippen LogP contribution in [-0.4, -0.2) is 16.5 Å². The minimum absolute atomic E-state index is 0.413. The summed E-state index contributed by atoms with van der Waals surface area (Å²) >= 11 is 3.52. The monoisotopic (exact) mass is 345 g/mol. The number of hydrogen-bond acceptors (Lipinski definition) is 3. The molecule has 21 heavy (non-hydrogen) atoms. The summed E-state index contributed by atoms with van der Waals surface area (Å²) in [6, 6.07) is 6.28. The maximum absolute atomic E-state index is 4.88. The van der Waals surface area contributed by atoms with Crippen molar-refractivity contribution in [2.45, 2.75) is 39.7 Å². The first-order chi connectivity index (χ1) is 10.1. The van der Waals surface area contributed by atoms with Crippen molar-refractivity contribution in [1.82, 2.24) is 15.3 Å². The van der Waals surface area contributed by atoms with E-state index >= 15 is 0 Å². The molecule has 2 heterocycles. The fourth-order valence-electron chi connectivity index (χ4n) is 2.85. The summed E-state index contributed by atoms with van der Waals surface area (Å²) in [5.74, 6) is 1.28. The van der Waals surface area contributed by atoms with E-state index in [0.717, 1.165) is 35.4 Å². The zero-order valence-electron chi connectivity index (χ0n) is 12.7. The summed E-state index contributed by atoms with van der Waals surface area (Å²) in [5.41, 5.74) is 6.03. The van der Waals surface area contributed by atoms with Gasteiger partial charge >= 0.3 is 0 Å². The molecule has 110 valence electrons. The van der Waals surface area contributed by atoms with Crippen molar-refractivity contribution in [2.75, 3.05) is 6.54 Å². The molecular weight excluding hydrogens is 326 g/mol. The van der Waals surface area contributed by atoms with Crippen molar-refractivity contribution in [2.24, 2.45) is 0 Å². The van der Waals surface area contributed by atoms with Crippen molar-refractivity contribution in [3.63, 3.8) is 0 Å². The fraction of sp³-hybridized carbons (Fsp3) is 0.412. The van der Waals surface area contributed by atoms with E-state index in [0.29, 0.717) is 5.92 Å². The van der Waals surface area contributed by atoms with Crippen molar-refractivity contribution in [1.29, 1.82) is 0 Å². The van der Waals surface area contributed by atoms with Gasteiger partial charge in [-0.2, -0.15) is 0 Å². The molecule has 0 unspecified atom stereocenters. The fourth-order valence-corrected chi connectivity index (χ4v) is 3.32. The van der Waals surface area contributed by atoms with E-state index in [4.69, 9.17) is 9.97 Å². The molecule has 3 rings (SSSR count). The van der Waals surface area contributed by atoms with E-state index in [1.807, 2.05) is 0 Å². The van der Waals surface area contributed by atoms with Gasteiger partial charge in [0.1, 0.15) is 0 Å². The molecule has 0 bridgehead atoms. The van der Waals surface area contributed by atoms with E-state index in [2.05, 4.69) is 60.2 Å². The summed E-state index contributed by atoms with van der Waals surface area (Å²) in [5, 5.41) is 3.43. The molecule has 0 atom stereocenters. The Morgan fingerprint density at radius 3 is 2.76 bits per heavy atom. The van der Waals surface area contributed by atoms with Gasteiger partial charge in [-0.15, -0.1) is 0 Å². The highest BCUT2D eigenvalue weighted by atomic mass is 79.9. The normalized spacial score (nSPS) is 14.3. The number of fused-ring (bicyclic) bond motifs is 1. The predicted molar refractivity (Wildman–Crippen MR) is 89.4 cm³/mol. The van der Waals surface area contributed by atoms with Crippen molar-refractivity contribution in [3.05, 3.63) is 45.2 Å². The molecule has 0 amide bonds. The minimum Gasteiger partial charge on any atom is -0.312 e. The highest BCUT2D eigenvalue weighted by molar-refractivity contribution is 9.10. The summed E-state index contributed by atoms with van der Waals surface area (Å²) in [4.78, 5) is 9.73. The minimum atomic E-state index is 0.413. The van der Waals surface area contributed by atoms with Crippen LogP contribution in [0.1, 0.15) is 42.3 Å². The summed E-state index contributed by atoms with van der Waals surface area (Å²) in [7, 11) is 0. The zero-order chi connectivity index (χ0) is 15.0. The second kappa shape index (κ2) is 5.85. The maximum atomic E-state index is 4.88. The van der Waals surface area contributed by atoms with E-state index in [1.165, 1.54) is 22.5 Å². The van der Waals surface area contributed by atoms with Gasteiger partial charge in [0.05, 0.1) is 11.4 Å². The maximum Gasteiger partial charge on any atom is 0.159 e. The molecule has 1 N–H and O–H groups in total. The van der Waals surface area contributed by atoms with Crippen molar-refractivity contribution in [3.8, 4) is 11.4 Å². The predicted octanol–water partition coefficient (Wildman–Crippen LogP) is 3.98. The first-order valence-electron chi connectivity index (χ1n) is 7.43. The van der Waals surface area contributed by atoms with E-state index < -0.39 is 0 Å². The lowest BCUT2D eigenvalue weighted by atomic mass is 9.97. The molecular formula is C17H20BrN3. The molecule has 0 radical (unpaired) electrons. The molecule has 1 aliphatic heterocycles. The summed E-state index contributed by atoms with van der Waals surface area (Å²) < 4.78 is 1.09. The molecule has 0 saturated carbocycles. The lowest BCUT2D eigenvalue weighted by Crippen LogP contribution is -2.27. The Balaban J connectivity index is 2.17. The second-order valence-corrected chi connectivity index (χ2v) is 6.81. The van der Waals surface area contributed by atoms with Crippen LogP contribution in [0.25, 0.3) is 11.4 Å². The topological polar surface area (TPSA) is 37.8 Å². The molecule has 4 heteroatoms. The van der Waals surface area contributed by atoms with Crippen LogP contribution >= 0.6 is 15.9 Å². The number of benzene rings is 1.